The third-order valence-electron chi connectivity index (χ3n) is 4.75. The van der Waals surface area contributed by atoms with Gasteiger partial charge in [0.2, 0.25) is 0 Å². The van der Waals surface area contributed by atoms with Gasteiger partial charge in [-0.1, -0.05) is 38.1 Å². The third-order valence-corrected chi connectivity index (χ3v) is 5.79. The van der Waals surface area contributed by atoms with Gasteiger partial charge in [-0.05, 0) is 59.8 Å². The van der Waals surface area contributed by atoms with Crippen LogP contribution in [0.1, 0.15) is 43.9 Å². The second kappa shape index (κ2) is 5.49. The van der Waals surface area contributed by atoms with Gasteiger partial charge < -0.3 is 5.32 Å². The van der Waals surface area contributed by atoms with E-state index in [-0.39, 0.29) is 0 Å². The second-order valence-electron chi connectivity index (χ2n) is 6.76. The molecule has 0 bridgehead atoms. The minimum Gasteiger partial charge on any atom is -0.309 e. The van der Waals surface area contributed by atoms with E-state index in [4.69, 9.17) is 0 Å². The molecule has 104 valence electrons. The van der Waals surface area contributed by atoms with Crippen LogP contribution in [0.5, 0.6) is 0 Å². The molecule has 1 N–H and O–H groups in total. The molecular weight excluding hydrogens is 250 g/mol. The number of thioether (sulfide) groups is 1. The first-order valence-electron chi connectivity index (χ1n) is 7.56. The zero-order valence-electron chi connectivity index (χ0n) is 12.1. The van der Waals surface area contributed by atoms with Gasteiger partial charge in [0.15, 0.2) is 0 Å². The molecule has 0 saturated carbocycles. The number of benzene rings is 1. The summed E-state index contributed by atoms with van der Waals surface area (Å²) in [5.74, 6) is 3.61. The molecule has 1 aliphatic heterocycles. The Morgan fingerprint density at radius 1 is 1.21 bits per heavy atom. The van der Waals surface area contributed by atoms with Crippen molar-refractivity contribution in [2.75, 3.05) is 18.1 Å². The van der Waals surface area contributed by atoms with Gasteiger partial charge in [0.05, 0.1) is 0 Å². The van der Waals surface area contributed by atoms with Gasteiger partial charge in [-0.15, -0.1) is 0 Å². The normalized spacial score (nSPS) is 26.3. The lowest BCUT2D eigenvalue weighted by atomic mass is 9.85. The van der Waals surface area contributed by atoms with Gasteiger partial charge >= 0.3 is 0 Å². The van der Waals surface area contributed by atoms with Crippen LogP contribution in [0.25, 0.3) is 0 Å². The Morgan fingerprint density at radius 2 is 1.95 bits per heavy atom. The molecule has 19 heavy (non-hydrogen) atoms. The van der Waals surface area contributed by atoms with Crippen molar-refractivity contribution in [1.82, 2.24) is 5.32 Å². The van der Waals surface area contributed by atoms with Crippen LogP contribution in [0.15, 0.2) is 24.3 Å². The van der Waals surface area contributed by atoms with Gasteiger partial charge in [-0.3, -0.25) is 0 Å². The predicted octanol–water partition coefficient (Wildman–Crippen LogP) is 4.04. The Kier molecular flexibility index (Phi) is 3.91. The van der Waals surface area contributed by atoms with Crippen LogP contribution in [-0.4, -0.2) is 18.1 Å². The summed E-state index contributed by atoms with van der Waals surface area (Å²) in [4.78, 5) is 0. The highest BCUT2D eigenvalue weighted by Gasteiger charge is 2.38. The SMILES string of the molecule is CC1(C)Cc2ccccc2C1NCC1CCSCC1. The van der Waals surface area contributed by atoms with Crippen molar-refractivity contribution >= 4 is 11.8 Å². The molecule has 1 saturated heterocycles. The lowest BCUT2D eigenvalue weighted by Gasteiger charge is -2.31. The molecule has 1 fully saturated rings. The molecule has 1 aromatic carbocycles. The van der Waals surface area contributed by atoms with Crippen LogP contribution in [0, 0.1) is 11.3 Å². The third kappa shape index (κ3) is 2.85. The van der Waals surface area contributed by atoms with Crippen molar-refractivity contribution in [2.24, 2.45) is 11.3 Å². The lowest BCUT2D eigenvalue weighted by Crippen LogP contribution is -2.35. The minimum atomic E-state index is 0.354. The Morgan fingerprint density at radius 3 is 2.74 bits per heavy atom. The molecule has 1 nitrogen and oxygen atoms in total. The van der Waals surface area contributed by atoms with Crippen LogP contribution in [0.4, 0.5) is 0 Å². The Bertz CT molecular complexity index is 435. The Labute approximate surface area is 121 Å². The monoisotopic (exact) mass is 275 g/mol. The fourth-order valence-corrected chi connectivity index (χ4v) is 4.82. The first-order valence-corrected chi connectivity index (χ1v) is 8.71. The van der Waals surface area contributed by atoms with E-state index in [0.29, 0.717) is 11.5 Å². The van der Waals surface area contributed by atoms with Crippen molar-refractivity contribution in [1.29, 1.82) is 0 Å². The molecule has 2 aliphatic rings. The van der Waals surface area contributed by atoms with E-state index in [9.17, 15) is 0 Å². The van der Waals surface area contributed by atoms with Crippen molar-refractivity contribution < 1.29 is 0 Å². The highest BCUT2D eigenvalue weighted by Crippen LogP contribution is 2.45. The Hall–Kier alpha value is -0.470. The van der Waals surface area contributed by atoms with Crippen LogP contribution >= 0.6 is 11.8 Å². The van der Waals surface area contributed by atoms with Gasteiger partial charge in [0.25, 0.3) is 0 Å². The predicted molar refractivity (Wildman–Crippen MR) is 84.7 cm³/mol. The molecule has 0 spiro atoms. The van der Waals surface area contributed by atoms with Crippen molar-refractivity contribution in [2.45, 2.75) is 39.2 Å². The summed E-state index contributed by atoms with van der Waals surface area (Å²) >= 11 is 2.12. The number of hydrogen-bond donors (Lipinski definition) is 1. The lowest BCUT2D eigenvalue weighted by molar-refractivity contribution is 0.254. The van der Waals surface area contributed by atoms with Crippen molar-refractivity contribution in [3.05, 3.63) is 35.4 Å². The maximum atomic E-state index is 3.89. The second-order valence-corrected chi connectivity index (χ2v) is 7.99. The smallest absolute Gasteiger partial charge is 0.0377 e. The zero-order valence-corrected chi connectivity index (χ0v) is 12.9. The van der Waals surface area contributed by atoms with Crippen LogP contribution in [0.2, 0.25) is 0 Å². The van der Waals surface area contributed by atoms with Gasteiger partial charge in [-0.2, -0.15) is 11.8 Å². The van der Waals surface area contributed by atoms with E-state index < -0.39 is 0 Å². The highest BCUT2D eigenvalue weighted by atomic mass is 32.2. The topological polar surface area (TPSA) is 12.0 Å². The average Bonchev–Trinajstić information content (AvgIpc) is 2.67. The Balaban J connectivity index is 1.68. The molecule has 2 heteroatoms. The van der Waals surface area contributed by atoms with Gasteiger partial charge in [0, 0.05) is 6.04 Å². The molecule has 0 aromatic heterocycles. The fraction of sp³-hybridized carbons (Fsp3) is 0.647. The molecule has 0 amide bonds. The maximum absolute atomic E-state index is 3.89. The molecule has 0 radical (unpaired) electrons. The van der Waals surface area contributed by atoms with Crippen molar-refractivity contribution in [3.63, 3.8) is 0 Å². The number of rotatable bonds is 3. The number of hydrogen-bond acceptors (Lipinski definition) is 2. The first-order chi connectivity index (χ1) is 9.17. The van der Waals surface area contributed by atoms with E-state index >= 15 is 0 Å². The first kappa shape index (κ1) is 13.5. The number of fused-ring (bicyclic) bond motifs is 1. The van der Waals surface area contributed by atoms with Crippen LogP contribution in [-0.2, 0) is 6.42 Å². The largest absolute Gasteiger partial charge is 0.309 e. The highest BCUT2D eigenvalue weighted by molar-refractivity contribution is 7.99. The zero-order chi connectivity index (χ0) is 13.3. The van der Waals surface area contributed by atoms with E-state index in [1.807, 2.05) is 0 Å². The molecule has 1 unspecified atom stereocenters. The van der Waals surface area contributed by atoms with Gasteiger partial charge in [-0.25, -0.2) is 0 Å². The van der Waals surface area contributed by atoms with E-state index in [1.165, 1.54) is 42.9 Å². The standard InChI is InChI=1S/C17H25NS/c1-17(2)11-14-5-3-4-6-15(14)16(17)18-12-13-7-9-19-10-8-13/h3-6,13,16,18H,7-12H2,1-2H3. The minimum absolute atomic E-state index is 0.354. The van der Waals surface area contributed by atoms with Crippen molar-refractivity contribution in [3.8, 4) is 0 Å². The number of nitrogens with one attached hydrogen (secondary N) is 1. The van der Waals surface area contributed by atoms with E-state index in [1.54, 1.807) is 5.56 Å². The van der Waals surface area contributed by atoms with Crippen LogP contribution in [0.3, 0.4) is 0 Å². The molecule has 1 aliphatic carbocycles. The molecule has 1 atom stereocenters. The average molecular weight is 275 g/mol. The molecule has 1 aromatic rings. The van der Waals surface area contributed by atoms with E-state index in [0.717, 1.165) is 5.92 Å². The fourth-order valence-electron chi connectivity index (χ4n) is 3.61. The van der Waals surface area contributed by atoms with Gasteiger partial charge in [0.1, 0.15) is 0 Å². The molecular formula is C17H25NS. The summed E-state index contributed by atoms with van der Waals surface area (Å²) < 4.78 is 0. The maximum Gasteiger partial charge on any atom is 0.0377 e. The molecule has 3 rings (SSSR count). The summed E-state index contributed by atoms with van der Waals surface area (Å²) in [6.07, 6.45) is 4.00. The summed E-state index contributed by atoms with van der Waals surface area (Å²) in [6, 6.07) is 9.52. The van der Waals surface area contributed by atoms with Crippen LogP contribution < -0.4 is 5.32 Å². The summed E-state index contributed by atoms with van der Waals surface area (Å²) in [7, 11) is 0. The molecule has 1 heterocycles. The summed E-state index contributed by atoms with van der Waals surface area (Å²) in [5, 5.41) is 3.89. The summed E-state index contributed by atoms with van der Waals surface area (Å²) in [5.41, 5.74) is 3.44. The van der Waals surface area contributed by atoms with E-state index in [2.05, 4.69) is 55.2 Å². The quantitative estimate of drug-likeness (QED) is 0.893. The summed E-state index contributed by atoms with van der Waals surface area (Å²) in [6.45, 7) is 6.01.